The molecule has 1 saturated heterocycles. The van der Waals surface area contributed by atoms with Crippen LogP contribution in [0.1, 0.15) is 38.9 Å². The largest absolute Gasteiger partial charge is 0.507 e. The summed E-state index contributed by atoms with van der Waals surface area (Å²) in [5, 5.41) is 17.2. The number of nitrogens with zero attached hydrogens (tertiary/aromatic N) is 2. The molecule has 3 rings (SSSR count). The van der Waals surface area contributed by atoms with Crippen LogP contribution < -0.4 is 0 Å². The van der Waals surface area contributed by atoms with E-state index in [0.717, 1.165) is 22.5 Å². The molecule has 1 aliphatic rings. The van der Waals surface area contributed by atoms with Crippen molar-refractivity contribution in [3.8, 4) is 5.75 Å². The van der Waals surface area contributed by atoms with Crippen molar-refractivity contribution in [3.63, 3.8) is 0 Å². The number of H-pyrrole nitrogens is 1. The zero-order valence-corrected chi connectivity index (χ0v) is 13.6. The van der Waals surface area contributed by atoms with Crippen molar-refractivity contribution in [2.75, 3.05) is 19.8 Å². The first-order valence-corrected chi connectivity index (χ1v) is 7.69. The fraction of sp³-hybridized carbons (Fsp3) is 0.412. The minimum absolute atomic E-state index is 0.00600. The number of benzene rings is 1. The third-order valence-corrected chi connectivity index (χ3v) is 4.29. The highest BCUT2D eigenvalue weighted by Gasteiger charge is 2.33. The molecule has 2 N–H and O–H groups in total. The topological polar surface area (TPSA) is 78.4 Å². The molecule has 1 aromatic carbocycles. The van der Waals surface area contributed by atoms with Gasteiger partial charge < -0.3 is 14.7 Å². The van der Waals surface area contributed by atoms with Crippen LogP contribution in [0.3, 0.4) is 0 Å². The van der Waals surface area contributed by atoms with Gasteiger partial charge in [0, 0.05) is 17.8 Å². The molecule has 6 nitrogen and oxygen atoms in total. The monoisotopic (exact) mass is 315 g/mol. The summed E-state index contributed by atoms with van der Waals surface area (Å²) in [6, 6.07) is 4.87. The minimum atomic E-state index is -0.199. The molecule has 1 fully saturated rings. The average molecular weight is 315 g/mol. The summed E-state index contributed by atoms with van der Waals surface area (Å²) in [5.74, 6) is -0.175. The lowest BCUT2D eigenvalue weighted by atomic mass is 10.0. The number of aromatic hydroxyl groups is 1. The fourth-order valence-electron chi connectivity index (χ4n) is 3.11. The maximum absolute atomic E-state index is 13.0. The minimum Gasteiger partial charge on any atom is -0.507 e. The maximum atomic E-state index is 13.0. The van der Waals surface area contributed by atoms with E-state index >= 15 is 0 Å². The molecule has 1 atom stereocenters. The first kappa shape index (κ1) is 15.6. The van der Waals surface area contributed by atoms with Crippen molar-refractivity contribution in [1.82, 2.24) is 15.1 Å². The van der Waals surface area contributed by atoms with E-state index in [9.17, 15) is 9.90 Å². The van der Waals surface area contributed by atoms with Crippen LogP contribution in [-0.2, 0) is 4.74 Å². The maximum Gasteiger partial charge on any atom is 0.258 e. The third kappa shape index (κ3) is 2.82. The van der Waals surface area contributed by atoms with E-state index < -0.39 is 0 Å². The van der Waals surface area contributed by atoms with Crippen molar-refractivity contribution < 1.29 is 14.6 Å². The number of aromatic amines is 1. The molecular weight excluding hydrogens is 294 g/mol. The molecule has 1 amide bonds. The molecule has 2 heterocycles. The van der Waals surface area contributed by atoms with Gasteiger partial charge in [0.25, 0.3) is 5.91 Å². The Kier molecular flexibility index (Phi) is 4.09. The molecule has 1 aromatic heterocycles. The normalized spacial score (nSPS) is 18.2. The number of hydrogen-bond donors (Lipinski definition) is 2. The Hall–Kier alpha value is -2.34. The molecular formula is C17H21N3O3. The van der Waals surface area contributed by atoms with Gasteiger partial charge in [-0.2, -0.15) is 5.10 Å². The molecule has 6 heteroatoms. The molecule has 2 aromatic rings. The number of morpholine rings is 1. The SMILES string of the molecule is Cc1ccc(O)c(C(=O)N2CCOC[C@@H]2c2c(C)n[nH]c2C)c1. The quantitative estimate of drug-likeness (QED) is 0.891. The molecule has 122 valence electrons. The number of phenolic OH excluding ortho intramolecular Hbond substituents is 1. The lowest BCUT2D eigenvalue weighted by Gasteiger charge is -2.36. The van der Waals surface area contributed by atoms with E-state index in [-0.39, 0.29) is 17.7 Å². The summed E-state index contributed by atoms with van der Waals surface area (Å²) >= 11 is 0. The van der Waals surface area contributed by atoms with E-state index in [1.807, 2.05) is 20.8 Å². The summed E-state index contributed by atoms with van der Waals surface area (Å²) in [6.07, 6.45) is 0. The number of carbonyl (C=O) groups is 1. The van der Waals surface area contributed by atoms with Crippen molar-refractivity contribution in [1.29, 1.82) is 0 Å². The van der Waals surface area contributed by atoms with Crippen LogP contribution in [-0.4, -0.2) is 45.9 Å². The highest BCUT2D eigenvalue weighted by Crippen LogP contribution is 2.31. The van der Waals surface area contributed by atoms with E-state index in [2.05, 4.69) is 10.2 Å². The number of nitrogens with one attached hydrogen (secondary N) is 1. The van der Waals surface area contributed by atoms with E-state index in [0.29, 0.717) is 25.3 Å². The van der Waals surface area contributed by atoms with Crippen LogP contribution in [0.4, 0.5) is 0 Å². The highest BCUT2D eigenvalue weighted by atomic mass is 16.5. The number of aromatic nitrogens is 2. The zero-order chi connectivity index (χ0) is 16.6. The predicted molar refractivity (Wildman–Crippen MR) is 85.5 cm³/mol. The van der Waals surface area contributed by atoms with E-state index in [1.165, 1.54) is 0 Å². The summed E-state index contributed by atoms with van der Waals surface area (Å²) in [5.41, 5.74) is 4.06. The van der Waals surface area contributed by atoms with Gasteiger partial charge in [0.1, 0.15) is 5.75 Å². The Morgan fingerprint density at radius 2 is 2.17 bits per heavy atom. The Morgan fingerprint density at radius 1 is 1.39 bits per heavy atom. The van der Waals surface area contributed by atoms with Gasteiger partial charge in [0.15, 0.2) is 0 Å². The lowest BCUT2D eigenvalue weighted by molar-refractivity contribution is -0.00316. The van der Waals surface area contributed by atoms with Crippen LogP contribution in [0.15, 0.2) is 18.2 Å². The molecule has 1 aliphatic heterocycles. The van der Waals surface area contributed by atoms with Gasteiger partial charge in [-0.15, -0.1) is 0 Å². The van der Waals surface area contributed by atoms with Gasteiger partial charge in [-0.3, -0.25) is 9.89 Å². The highest BCUT2D eigenvalue weighted by molar-refractivity contribution is 5.97. The first-order valence-electron chi connectivity index (χ1n) is 7.69. The number of ether oxygens (including phenoxy) is 1. The van der Waals surface area contributed by atoms with Crippen LogP contribution in [0.25, 0.3) is 0 Å². The Morgan fingerprint density at radius 3 is 2.87 bits per heavy atom. The molecule has 0 aliphatic carbocycles. The number of amides is 1. The number of hydrogen-bond acceptors (Lipinski definition) is 4. The summed E-state index contributed by atoms with van der Waals surface area (Å²) in [4.78, 5) is 14.7. The standard InChI is InChI=1S/C17H21N3O3/c1-10-4-5-15(21)13(8-10)17(22)20-6-7-23-9-14(20)16-11(2)18-19-12(16)3/h4-5,8,14,21H,6-7,9H2,1-3H3,(H,18,19)/t14-/m1/s1. The molecule has 0 radical (unpaired) electrons. The second kappa shape index (κ2) is 6.04. The second-order valence-corrected chi connectivity index (χ2v) is 5.96. The third-order valence-electron chi connectivity index (χ3n) is 4.29. The smallest absolute Gasteiger partial charge is 0.258 e. The fourth-order valence-corrected chi connectivity index (χ4v) is 3.11. The van der Waals surface area contributed by atoms with Crippen LogP contribution in [0.2, 0.25) is 0 Å². The van der Waals surface area contributed by atoms with Crippen LogP contribution in [0.5, 0.6) is 5.75 Å². The number of phenols is 1. The summed E-state index contributed by atoms with van der Waals surface area (Å²) in [7, 11) is 0. The van der Waals surface area contributed by atoms with Gasteiger partial charge in [-0.25, -0.2) is 0 Å². The van der Waals surface area contributed by atoms with Crippen LogP contribution in [0, 0.1) is 20.8 Å². The van der Waals surface area contributed by atoms with Gasteiger partial charge in [0.05, 0.1) is 30.5 Å². The molecule has 0 spiro atoms. The number of carbonyl (C=O) groups excluding carboxylic acids is 1. The molecule has 0 unspecified atom stereocenters. The van der Waals surface area contributed by atoms with Crippen molar-refractivity contribution >= 4 is 5.91 Å². The zero-order valence-electron chi connectivity index (χ0n) is 13.6. The van der Waals surface area contributed by atoms with Crippen molar-refractivity contribution in [2.45, 2.75) is 26.8 Å². The van der Waals surface area contributed by atoms with Gasteiger partial charge in [0.2, 0.25) is 0 Å². The average Bonchev–Trinajstić information content (AvgIpc) is 2.88. The van der Waals surface area contributed by atoms with E-state index in [1.54, 1.807) is 23.1 Å². The number of aryl methyl sites for hydroxylation is 3. The van der Waals surface area contributed by atoms with E-state index in [4.69, 9.17) is 4.74 Å². The van der Waals surface area contributed by atoms with Gasteiger partial charge in [-0.1, -0.05) is 11.6 Å². The van der Waals surface area contributed by atoms with Crippen molar-refractivity contribution in [3.05, 3.63) is 46.3 Å². The number of rotatable bonds is 2. The summed E-state index contributed by atoms with van der Waals surface area (Å²) in [6.45, 7) is 7.17. The lowest BCUT2D eigenvalue weighted by Crippen LogP contribution is -2.43. The first-order chi connectivity index (χ1) is 11.0. The Labute approximate surface area is 135 Å². The van der Waals surface area contributed by atoms with Gasteiger partial charge in [-0.05, 0) is 32.9 Å². The molecule has 0 saturated carbocycles. The summed E-state index contributed by atoms with van der Waals surface area (Å²) < 4.78 is 5.59. The second-order valence-electron chi connectivity index (χ2n) is 5.96. The van der Waals surface area contributed by atoms with Crippen molar-refractivity contribution in [2.24, 2.45) is 0 Å². The van der Waals surface area contributed by atoms with Crippen LogP contribution >= 0.6 is 0 Å². The Bertz CT molecular complexity index is 719. The molecule has 23 heavy (non-hydrogen) atoms. The van der Waals surface area contributed by atoms with Gasteiger partial charge >= 0.3 is 0 Å². The predicted octanol–water partition coefficient (Wildman–Crippen LogP) is 2.25. The molecule has 0 bridgehead atoms. The Balaban J connectivity index is 1.99.